The largest absolute Gasteiger partial charge is 0.433 e. The average Bonchev–Trinajstić information content (AvgIpc) is 2.74. The predicted octanol–water partition coefficient (Wildman–Crippen LogP) is 8.24. The summed E-state index contributed by atoms with van der Waals surface area (Å²) in [4.78, 5) is 18.2. The first kappa shape index (κ1) is 27.3. The Bertz CT molecular complexity index is 1190. The van der Waals surface area contributed by atoms with Gasteiger partial charge in [0.15, 0.2) is 0 Å². The standard InChI is InChI=1S/C26H24Cl3F3N2O/c1-25(2,3)19-6-4-16(5-7-19)15-34(9-8-17-10-20(27)14-21(28)11-17)24(35)18-12-22(26(30,31)32)33-23(29)13-18/h4-7,10-14H,8-9,15H2,1-3H3. The lowest BCUT2D eigenvalue weighted by atomic mass is 9.87. The second-order valence-corrected chi connectivity index (χ2v) is 10.5. The first-order valence-corrected chi connectivity index (χ1v) is 11.9. The van der Waals surface area contributed by atoms with Crippen LogP contribution in [0.25, 0.3) is 0 Å². The van der Waals surface area contributed by atoms with Gasteiger partial charge in [-0.05, 0) is 58.9 Å². The molecule has 0 saturated heterocycles. The Balaban J connectivity index is 1.92. The van der Waals surface area contributed by atoms with E-state index in [1.54, 1.807) is 18.2 Å². The van der Waals surface area contributed by atoms with Crippen LogP contribution in [0.4, 0.5) is 13.2 Å². The van der Waals surface area contributed by atoms with Crippen molar-refractivity contribution in [2.24, 2.45) is 0 Å². The van der Waals surface area contributed by atoms with Crippen LogP contribution in [-0.4, -0.2) is 22.3 Å². The van der Waals surface area contributed by atoms with Gasteiger partial charge in [0, 0.05) is 28.7 Å². The Labute approximate surface area is 217 Å². The van der Waals surface area contributed by atoms with Gasteiger partial charge in [0.25, 0.3) is 5.91 Å². The molecule has 35 heavy (non-hydrogen) atoms. The summed E-state index contributed by atoms with van der Waals surface area (Å²) in [6.45, 7) is 6.70. The molecule has 1 aromatic heterocycles. The van der Waals surface area contributed by atoms with Crippen molar-refractivity contribution in [1.82, 2.24) is 9.88 Å². The molecule has 0 N–H and O–H groups in total. The minimum Gasteiger partial charge on any atom is -0.334 e. The Kier molecular flexibility index (Phi) is 8.40. The van der Waals surface area contributed by atoms with E-state index < -0.39 is 22.9 Å². The quantitative estimate of drug-likeness (QED) is 0.293. The first-order chi connectivity index (χ1) is 16.2. The van der Waals surface area contributed by atoms with E-state index in [1.165, 1.54) is 4.90 Å². The monoisotopic (exact) mass is 542 g/mol. The Morgan fingerprint density at radius 2 is 1.49 bits per heavy atom. The van der Waals surface area contributed by atoms with Crippen molar-refractivity contribution in [3.8, 4) is 0 Å². The van der Waals surface area contributed by atoms with Crippen molar-refractivity contribution in [3.63, 3.8) is 0 Å². The maximum absolute atomic E-state index is 13.4. The van der Waals surface area contributed by atoms with Crippen molar-refractivity contribution in [2.75, 3.05) is 6.54 Å². The van der Waals surface area contributed by atoms with Crippen LogP contribution in [0.1, 0.15) is 53.5 Å². The fraction of sp³-hybridized carbons (Fsp3) is 0.308. The third kappa shape index (κ3) is 7.60. The Morgan fingerprint density at radius 3 is 2.03 bits per heavy atom. The second kappa shape index (κ2) is 10.8. The number of aromatic nitrogens is 1. The van der Waals surface area contributed by atoms with Crippen LogP contribution < -0.4 is 0 Å². The molecular formula is C26H24Cl3F3N2O. The second-order valence-electron chi connectivity index (χ2n) is 9.26. The van der Waals surface area contributed by atoms with Crippen molar-refractivity contribution in [2.45, 2.75) is 45.3 Å². The lowest BCUT2D eigenvalue weighted by Crippen LogP contribution is -2.33. The van der Waals surface area contributed by atoms with Crippen LogP contribution in [0.2, 0.25) is 15.2 Å². The van der Waals surface area contributed by atoms with Gasteiger partial charge in [-0.3, -0.25) is 4.79 Å². The van der Waals surface area contributed by atoms with Crippen LogP contribution in [0.15, 0.2) is 54.6 Å². The summed E-state index contributed by atoms with van der Waals surface area (Å²) in [5, 5.41) is 0.511. The lowest BCUT2D eigenvalue weighted by molar-refractivity contribution is -0.141. The fourth-order valence-corrected chi connectivity index (χ4v) is 4.33. The van der Waals surface area contributed by atoms with Gasteiger partial charge in [0.2, 0.25) is 0 Å². The average molecular weight is 544 g/mol. The molecule has 0 bridgehead atoms. The lowest BCUT2D eigenvalue weighted by Gasteiger charge is -2.25. The third-order valence-corrected chi connectivity index (χ3v) is 6.03. The number of nitrogens with zero attached hydrogens (tertiary/aromatic N) is 2. The van der Waals surface area contributed by atoms with E-state index in [9.17, 15) is 18.0 Å². The topological polar surface area (TPSA) is 33.2 Å². The number of hydrogen-bond donors (Lipinski definition) is 0. The van der Waals surface area contributed by atoms with Gasteiger partial charge in [0.1, 0.15) is 10.8 Å². The fourth-order valence-electron chi connectivity index (χ4n) is 3.55. The zero-order valence-corrected chi connectivity index (χ0v) is 21.7. The van der Waals surface area contributed by atoms with Crippen LogP contribution >= 0.6 is 34.8 Å². The normalized spacial score (nSPS) is 12.0. The molecular weight excluding hydrogens is 520 g/mol. The highest BCUT2D eigenvalue weighted by molar-refractivity contribution is 6.34. The molecule has 0 atom stereocenters. The van der Waals surface area contributed by atoms with E-state index in [0.29, 0.717) is 16.5 Å². The number of halogens is 6. The van der Waals surface area contributed by atoms with Crippen molar-refractivity contribution >= 4 is 40.7 Å². The van der Waals surface area contributed by atoms with Gasteiger partial charge < -0.3 is 4.90 Å². The summed E-state index contributed by atoms with van der Waals surface area (Å²) >= 11 is 18.0. The highest BCUT2D eigenvalue weighted by atomic mass is 35.5. The molecule has 0 aliphatic rings. The summed E-state index contributed by atoms with van der Waals surface area (Å²) in [6, 6.07) is 14.7. The van der Waals surface area contributed by atoms with Gasteiger partial charge in [-0.25, -0.2) is 4.98 Å². The van der Waals surface area contributed by atoms with Crippen molar-refractivity contribution in [1.29, 1.82) is 0 Å². The molecule has 0 unspecified atom stereocenters. The van der Waals surface area contributed by atoms with E-state index in [0.717, 1.165) is 28.8 Å². The zero-order valence-electron chi connectivity index (χ0n) is 19.4. The molecule has 1 heterocycles. The molecule has 3 rings (SSSR count). The van der Waals surface area contributed by atoms with E-state index in [1.807, 2.05) is 24.3 Å². The minimum absolute atomic E-state index is 0.0400. The highest BCUT2D eigenvalue weighted by Crippen LogP contribution is 2.30. The summed E-state index contributed by atoms with van der Waals surface area (Å²) in [6.07, 6.45) is -4.33. The number of pyridine rings is 1. The van der Waals surface area contributed by atoms with Crippen molar-refractivity contribution < 1.29 is 18.0 Å². The van der Waals surface area contributed by atoms with Gasteiger partial charge in [-0.1, -0.05) is 79.8 Å². The third-order valence-electron chi connectivity index (χ3n) is 5.40. The van der Waals surface area contributed by atoms with Crippen LogP contribution in [0.5, 0.6) is 0 Å². The Hall–Kier alpha value is -2.28. The number of hydrogen-bond acceptors (Lipinski definition) is 2. The van der Waals surface area contributed by atoms with Crippen LogP contribution in [-0.2, 0) is 24.6 Å². The number of benzene rings is 2. The molecule has 0 radical (unpaired) electrons. The molecule has 9 heteroatoms. The van der Waals surface area contributed by atoms with E-state index in [4.69, 9.17) is 34.8 Å². The molecule has 0 aliphatic carbocycles. The number of carbonyl (C=O) groups is 1. The maximum Gasteiger partial charge on any atom is 0.433 e. The summed E-state index contributed by atoms with van der Waals surface area (Å²) < 4.78 is 39.8. The molecule has 1 amide bonds. The molecule has 3 aromatic rings. The summed E-state index contributed by atoms with van der Waals surface area (Å²) in [5.41, 5.74) is 1.32. The SMILES string of the molecule is CC(C)(C)c1ccc(CN(CCc2cc(Cl)cc(Cl)c2)C(=O)c2cc(Cl)nc(C(F)(F)F)c2)cc1. The molecule has 3 nitrogen and oxygen atoms in total. The number of carbonyl (C=O) groups excluding carboxylic acids is 1. The number of alkyl halides is 3. The Morgan fingerprint density at radius 1 is 0.886 bits per heavy atom. The van der Waals surface area contributed by atoms with Gasteiger partial charge in [-0.15, -0.1) is 0 Å². The van der Waals surface area contributed by atoms with Crippen LogP contribution in [0, 0.1) is 0 Å². The maximum atomic E-state index is 13.4. The van der Waals surface area contributed by atoms with Crippen LogP contribution in [0.3, 0.4) is 0 Å². The first-order valence-electron chi connectivity index (χ1n) is 10.8. The summed E-state index contributed by atoms with van der Waals surface area (Å²) in [5.74, 6) is -0.590. The number of amides is 1. The molecule has 0 saturated carbocycles. The molecule has 186 valence electrons. The minimum atomic E-state index is -4.73. The molecule has 2 aromatic carbocycles. The van der Waals surface area contributed by atoms with Gasteiger partial charge in [-0.2, -0.15) is 13.2 Å². The molecule has 0 fully saturated rings. The highest BCUT2D eigenvalue weighted by Gasteiger charge is 2.34. The molecule has 0 spiro atoms. The molecule has 0 aliphatic heterocycles. The smallest absolute Gasteiger partial charge is 0.334 e. The summed E-state index contributed by atoms with van der Waals surface area (Å²) in [7, 11) is 0. The van der Waals surface area contributed by atoms with Gasteiger partial charge >= 0.3 is 6.18 Å². The zero-order chi connectivity index (χ0) is 26.0. The number of rotatable bonds is 6. The van der Waals surface area contributed by atoms with Crippen molar-refractivity contribution in [3.05, 3.63) is 97.7 Å². The van der Waals surface area contributed by atoms with E-state index in [2.05, 4.69) is 25.8 Å². The van der Waals surface area contributed by atoms with Gasteiger partial charge in [0.05, 0.1) is 0 Å². The van der Waals surface area contributed by atoms with E-state index >= 15 is 0 Å². The predicted molar refractivity (Wildman–Crippen MR) is 134 cm³/mol. The van der Waals surface area contributed by atoms with E-state index in [-0.39, 0.29) is 24.1 Å².